The number of carbonyl (C=O) groups is 2. The molecule has 0 bridgehead atoms. The van der Waals surface area contributed by atoms with E-state index in [-0.39, 0.29) is 11.8 Å². The van der Waals surface area contributed by atoms with Crippen LogP contribution in [0.3, 0.4) is 0 Å². The lowest BCUT2D eigenvalue weighted by Crippen LogP contribution is -2.25. The molecule has 0 aromatic heterocycles. The molecule has 0 atom stereocenters. The first kappa shape index (κ1) is 24.2. The number of para-hydroxylation sites is 1. The van der Waals surface area contributed by atoms with E-state index in [9.17, 15) is 9.59 Å². The zero-order valence-corrected chi connectivity index (χ0v) is 19.6. The van der Waals surface area contributed by atoms with Gasteiger partial charge in [0.05, 0.1) is 20.0 Å². The molecule has 0 heterocycles. The van der Waals surface area contributed by atoms with E-state index in [0.29, 0.717) is 41.5 Å². The van der Waals surface area contributed by atoms with Crippen molar-refractivity contribution < 1.29 is 19.1 Å². The molecule has 0 saturated carbocycles. The second kappa shape index (κ2) is 12.6. The molecule has 0 unspecified atom stereocenters. The smallest absolute Gasteiger partial charge is 0.251 e. The van der Waals surface area contributed by atoms with E-state index < -0.39 is 0 Å². The number of rotatable bonds is 11. The van der Waals surface area contributed by atoms with Crippen LogP contribution in [0, 0.1) is 0 Å². The van der Waals surface area contributed by atoms with Crippen LogP contribution in [-0.2, 0) is 17.0 Å². The van der Waals surface area contributed by atoms with Gasteiger partial charge in [0.2, 0.25) is 5.91 Å². The van der Waals surface area contributed by atoms with Gasteiger partial charge >= 0.3 is 0 Å². The first-order valence-electron chi connectivity index (χ1n) is 10.6. The standard InChI is InChI=1S/C26H28N2O4S/c1-31-23-13-10-19(16-24(23)32-2)14-15-27-26(30)21-11-8-20(9-12-21)17-33-18-25(29)28-22-6-4-3-5-7-22/h3-13,16H,14-15,17-18H2,1-2H3,(H,27,30)(H,28,29). The molecule has 0 radical (unpaired) electrons. The summed E-state index contributed by atoms with van der Waals surface area (Å²) in [5.41, 5.74) is 3.52. The van der Waals surface area contributed by atoms with Gasteiger partial charge in [0.15, 0.2) is 11.5 Å². The van der Waals surface area contributed by atoms with Crippen molar-refractivity contribution in [3.8, 4) is 11.5 Å². The summed E-state index contributed by atoms with van der Waals surface area (Å²) in [6, 6.07) is 22.6. The maximum absolute atomic E-state index is 12.4. The summed E-state index contributed by atoms with van der Waals surface area (Å²) in [6.07, 6.45) is 0.686. The third kappa shape index (κ3) is 7.57. The van der Waals surface area contributed by atoms with Crippen LogP contribution in [0.1, 0.15) is 21.5 Å². The van der Waals surface area contributed by atoms with Crippen LogP contribution < -0.4 is 20.1 Å². The van der Waals surface area contributed by atoms with Crippen LogP contribution in [0.25, 0.3) is 0 Å². The monoisotopic (exact) mass is 464 g/mol. The minimum atomic E-state index is -0.114. The van der Waals surface area contributed by atoms with E-state index in [0.717, 1.165) is 16.8 Å². The number of thioether (sulfide) groups is 1. The number of hydrogen-bond donors (Lipinski definition) is 2. The third-order valence-corrected chi connectivity index (χ3v) is 5.93. The van der Waals surface area contributed by atoms with Gasteiger partial charge in [-0.05, 0) is 53.9 Å². The molecule has 0 saturated heterocycles. The zero-order chi connectivity index (χ0) is 23.5. The summed E-state index contributed by atoms with van der Waals surface area (Å²) in [4.78, 5) is 24.5. The quantitative estimate of drug-likeness (QED) is 0.435. The van der Waals surface area contributed by atoms with Gasteiger partial charge in [0.1, 0.15) is 0 Å². The van der Waals surface area contributed by atoms with E-state index in [1.165, 1.54) is 11.8 Å². The maximum atomic E-state index is 12.4. The fourth-order valence-corrected chi connectivity index (χ4v) is 3.98. The average molecular weight is 465 g/mol. The van der Waals surface area contributed by atoms with E-state index in [1.54, 1.807) is 14.2 Å². The van der Waals surface area contributed by atoms with Gasteiger partial charge in [-0.1, -0.05) is 36.4 Å². The lowest BCUT2D eigenvalue weighted by molar-refractivity contribution is -0.113. The largest absolute Gasteiger partial charge is 0.493 e. The minimum Gasteiger partial charge on any atom is -0.493 e. The number of benzene rings is 3. The van der Waals surface area contributed by atoms with Crippen LogP contribution in [0.4, 0.5) is 5.69 Å². The molecule has 0 aliphatic rings. The molecule has 3 aromatic rings. The Labute approximate surface area is 198 Å². The van der Waals surface area contributed by atoms with Crippen molar-refractivity contribution in [3.63, 3.8) is 0 Å². The second-order valence-corrected chi connectivity index (χ2v) is 8.28. The Morgan fingerprint density at radius 3 is 2.24 bits per heavy atom. The van der Waals surface area contributed by atoms with Crippen molar-refractivity contribution in [2.24, 2.45) is 0 Å². The summed E-state index contributed by atoms with van der Waals surface area (Å²) >= 11 is 1.53. The molecular weight excluding hydrogens is 436 g/mol. The van der Waals surface area contributed by atoms with E-state index in [4.69, 9.17) is 9.47 Å². The molecule has 0 aliphatic heterocycles. The Hall–Kier alpha value is -3.45. The van der Waals surface area contributed by atoms with Crippen LogP contribution in [0.2, 0.25) is 0 Å². The van der Waals surface area contributed by atoms with Crippen LogP contribution in [0.15, 0.2) is 72.8 Å². The Morgan fingerprint density at radius 2 is 1.55 bits per heavy atom. The number of anilines is 1. The number of ether oxygens (including phenoxy) is 2. The zero-order valence-electron chi connectivity index (χ0n) is 18.8. The van der Waals surface area contributed by atoms with E-state index in [2.05, 4.69) is 10.6 Å². The summed E-state index contributed by atoms with van der Waals surface area (Å²) < 4.78 is 10.6. The predicted octanol–water partition coefficient (Wildman–Crippen LogP) is 4.55. The van der Waals surface area contributed by atoms with Crippen molar-refractivity contribution in [3.05, 3.63) is 89.5 Å². The van der Waals surface area contributed by atoms with Gasteiger partial charge in [-0.2, -0.15) is 0 Å². The maximum Gasteiger partial charge on any atom is 0.251 e. The van der Waals surface area contributed by atoms with Gasteiger partial charge in [0, 0.05) is 23.5 Å². The minimum absolute atomic E-state index is 0.0309. The van der Waals surface area contributed by atoms with Crippen molar-refractivity contribution in [2.45, 2.75) is 12.2 Å². The normalized spacial score (nSPS) is 10.4. The molecular formula is C26H28N2O4S. The number of amides is 2. The molecule has 172 valence electrons. The topological polar surface area (TPSA) is 76.7 Å². The highest BCUT2D eigenvalue weighted by molar-refractivity contribution is 7.99. The first-order valence-corrected chi connectivity index (χ1v) is 11.7. The van der Waals surface area contributed by atoms with E-state index in [1.807, 2.05) is 72.8 Å². The number of carbonyl (C=O) groups excluding carboxylic acids is 2. The summed E-state index contributed by atoms with van der Waals surface area (Å²) in [6.45, 7) is 0.516. The van der Waals surface area contributed by atoms with Crippen LogP contribution in [-0.4, -0.2) is 38.3 Å². The number of methoxy groups -OCH3 is 2. The van der Waals surface area contributed by atoms with Crippen molar-refractivity contribution >= 4 is 29.3 Å². The number of nitrogens with one attached hydrogen (secondary N) is 2. The van der Waals surface area contributed by atoms with Crippen molar-refractivity contribution in [1.82, 2.24) is 5.32 Å². The summed E-state index contributed by atoms with van der Waals surface area (Å²) in [5.74, 6) is 2.28. The van der Waals surface area contributed by atoms with Crippen molar-refractivity contribution in [2.75, 3.05) is 31.8 Å². The highest BCUT2D eigenvalue weighted by Crippen LogP contribution is 2.27. The van der Waals surface area contributed by atoms with Gasteiger partial charge in [-0.15, -0.1) is 11.8 Å². The molecule has 33 heavy (non-hydrogen) atoms. The SMILES string of the molecule is COc1ccc(CCNC(=O)c2ccc(CSCC(=O)Nc3ccccc3)cc2)cc1OC. The van der Waals surface area contributed by atoms with E-state index >= 15 is 0 Å². The van der Waals surface area contributed by atoms with Gasteiger partial charge in [-0.3, -0.25) is 9.59 Å². The number of hydrogen-bond acceptors (Lipinski definition) is 5. The molecule has 2 amide bonds. The third-order valence-electron chi connectivity index (χ3n) is 4.92. The van der Waals surface area contributed by atoms with Crippen molar-refractivity contribution in [1.29, 1.82) is 0 Å². The summed E-state index contributed by atoms with van der Waals surface area (Å²) in [7, 11) is 3.20. The molecule has 6 nitrogen and oxygen atoms in total. The molecule has 3 aromatic carbocycles. The van der Waals surface area contributed by atoms with Gasteiger partial charge in [0.25, 0.3) is 5.91 Å². The van der Waals surface area contributed by atoms with Crippen LogP contribution >= 0.6 is 11.8 Å². The highest BCUT2D eigenvalue weighted by Gasteiger charge is 2.08. The van der Waals surface area contributed by atoms with Crippen LogP contribution in [0.5, 0.6) is 11.5 Å². The Bertz CT molecular complexity index is 1060. The Kier molecular flexibility index (Phi) is 9.20. The lowest BCUT2D eigenvalue weighted by Gasteiger charge is -2.10. The summed E-state index contributed by atoms with van der Waals surface area (Å²) in [5, 5.41) is 5.81. The van der Waals surface area contributed by atoms with Gasteiger partial charge in [-0.25, -0.2) is 0 Å². The average Bonchev–Trinajstić information content (AvgIpc) is 2.85. The molecule has 2 N–H and O–H groups in total. The molecule has 7 heteroatoms. The first-order chi connectivity index (χ1) is 16.1. The highest BCUT2D eigenvalue weighted by atomic mass is 32.2. The fraction of sp³-hybridized carbons (Fsp3) is 0.231. The molecule has 3 rings (SSSR count). The molecule has 0 spiro atoms. The lowest BCUT2D eigenvalue weighted by atomic mass is 10.1. The predicted molar refractivity (Wildman–Crippen MR) is 133 cm³/mol. The molecule has 0 fully saturated rings. The Morgan fingerprint density at radius 1 is 0.848 bits per heavy atom. The van der Waals surface area contributed by atoms with Gasteiger partial charge < -0.3 is 20.1 Å². The Balaban J connectivity index is 1.40. The fourth-order valence-electron chi connectivity index (χ4n) is 3.19. The second-order valence-electron chi connectivity index (χ2n) is 7.30. The molecule has 0 aliphatic carbocycles.